The molecule has 0 radical (unpaired) electrons. The molecule has 1 aliphatic heterocycles. The summed E-state index contributed by atoms with van der Waals surface area (Å²) in [4.78, 5) is 13.1. The van der Waals surface area contributed by atoms with Gasteiger partial charge in [-0.15, -0.1) is 0 Å². The molecule has 1 fully saturated rings. The zero-order chi connectivity index (χ0) is 13.3. The summed E-state index contributed by atoms with van der Waals surface area (Å²) in [5.41, 5.74) is 7.72. The number of nitrogens with zero attached hydrogens (tertiary/aromatic N) is 1. The highest BCUT2D eigenvalue weighted by Gasteiger charge is 2.26. The van der Waals surface area contributed by atoms with Crippen LogP contribution in [-0.2, 0) is 0 Å². The molecule has 1 saturated heterocycles. The third kappa shape index (κ3) is 2.42. The number of nitrogen functional groups attached to an aromatic ring is 1. The van der Waals surface area contributed by atoms with E-state index in [1.54, 1.807) is 12.1 Å². The van der Waals surface area contributed by atoms with Crippen LogP contribution in [0.15, 0.2) is 18.2 Å². The van der Waals surface area contributed by atoms with Gasteiger partial charge in [0.1, 0.15) is 0 Å². The molecule has 3 N–H and O–H groups in total. The summed E-state index contributed by atoms with van der Waals surface area (Å²) in [6, 6.07) is 4.98. The topological polar surface area (TPSA) is 66.6 Å². The largest absolute Gasteiger partial charge is 0.478 e. The smallest absolute Gasteiger partial charge is 0.335 e. The summed E-state index contributed by atoms with van der Waals surface area (Å²) in [5.74, 6) is 0.438. The van der Waals surface area contributed by atoms with Gasteiger partial charge in [0.2, 0.25) is 0 Å². The molecule has 98 valence electrons. The highest BCUT2D eigenvalue weighted by atomic mass is 16.4. The van der Waals surface area contributed by atoms with Gasteiger partial charge in [0.15, 0.2) is 0 Å². The summed E-state index contributed by atoms with van der Waals surface area (Å²) in [6.45, 7) is 6.49. The number of anilines is 2. The highest BCUT2D eigenvalue weighted by Crippen LogP contribution is 2.32. The van der Waals surface area contributed by atoms with Crippen LogP contribution in [0.5, 0.6) is 0 Å². The molecular weight excluding hydrogens is 228 g/mol. The monoisotopic (exact) mass is 248 g/mol. The fourth-order valence-electron chi connectivity index (χ4n) is 2.53. The van der Waals surface area contributed by atoms with Crippen molar-refractivity contribution < 1.29 is 9.90 Å². The molecule has 0 aromatic heterocycles. The molecule has 0 bridgehead atoms. The lowest BCUT2D eigenvalue weighted by Crippen LogP contribution is -2.22. The molecule has 1 aromatic carbocycles. The Bertz CT molecular complexity index is 457. The maximum Gasteiger partial charge on any atom is 0.335 e. The number of nitrogens with two attached hydrogens (primary N) is 1. The first-order valence-corrected chi connectivity index (χ1v) is 6.37. The molecule has 4 heteroatoms. The summed E-state index contributed by atoms with van der Waals surface area (Å²) in [6.07, 6.45) is 1.18. The van der Waals surface area contributed by atoms with Gasteiger partial charge in [-0.25, -0.2) is 4.79 Å². The molecule has 1 unspecified atom stereocenters. The zero-order valence-corrected chi connectivity index (χ0v) is 10.9. The fraction of sp³-hybridized carbons (Fsp3) is 0.500. The van der Waals surface area contributed by atoms with E-state index in [9.17, 15) is 4.79 Å². The Morgan fingerprint density at radius 1 is 1.50 bits per heavy atom. The molecular formula is C14H20N2O2. The van der Waals surface area contributed by atoms with E-state index >= 15 is 0 Å². The van der Waals surface area contributed by atoms with Gasteiger partial charge in [-0.3, -0.25) is 0 Å². The van der Waals surface area contributed by atoms with Crippen LogP contribution >= 0.6 is 0 Å². The van der Waals surface area contributed by atoms with Crippen molar-refractivity contribution in [1.82, 2.24) is 0 Å². The van der Waals surface area contributed by atoms with E-state index in [0.29, 0.717) is 17.5 Å². The van der Waals surface area contributed by atoms with Crippen molar-refractivity contribution in [2.45, 2.75) is 20.3 Å². The van der Waals surface area contributed by atoms with E-state index in [2.05, 4.69) is 18.7 Å². The molecule has 0 saturated carbocycles. The van der Waals surface area contributed by atoms with Gasteiger partial charge in [0.05, 0.1) is 16.9 Å². The molecule has 4 nitrogen and oxygen atoms in total. The van der Waals surface area contributed by atoms with Crippen molar-refractivity contribution in [3.63, 3.8) is 0 Å². The number of carboxylic acids is 1. The number of carboxylic acid groups (broad SMARTS) is 1. The number of hydrogen-bond donors (Lipinski definition) is 2. The molecule has 1 atom stereocenters. The molecule has 18 heavy (non-hydrogen) atoms. The lowest BCUT2D eigenvalue weighted by molar-refractivity contribution is 0.0697. The Morgan fingerprint density at radius 3 is 2.72 bits per heavy atom. The molecule has 1 heterocycles. The van der Waals surface area contributed by atoms with Gasteiger partial charge in [-0.1, -0.05) is 13.8 Å². The minimum Gasteiger partial charge on any atom is -0.478 e. The second-order valence-corrected chi connectivity index (χ2v) is 5.32. The standard InChI is InChI=1S/C14H20N2O2/c1-9(2)11-5-6-16(8-11)13-4-3-10(14(17)18)7-12(13)15/h3-4,7,9,11H,5-6,8,15H2,1-2H3,(H,17,18). The Hall–Kier alpha value is -1.71. The predicted molar refractivity (Wildman–Crippen MR) is 73.0 cm³/mol. The lowest BCUT2D eigenvalue weighted by atomic mass is 9.95. The second kappa shape index (κ2) is 4.88. The Balaban J connectivity index is 2.18. The molecule has 0 amide bonds. The van der Waals surface area contributed by atoms with Gasteiger partial charge >= 0.3 is 5.97 Å². The third-order valence-corrected chi connectivity index (χ3v) is 3.78. The summed E-state index contributed by atoms with van der Waals surface area (Å²) < 4.78 is 0. The van der Waals surface area contributed by atoms with Gasteiger partial charge in [0.25, 0.3) is 0 Å². The minimum absolute atomic E-state index is 0.246. The highest BCUT2D eigenvalue weighted by molar-refractivity contribution is 5.90. The quantitative estimate of drug-likeness (QED) is 0.806. The predicted octanol–water partition coefficient (Wildman–Crippen LogP) is 2.45. The van der Waals surface area contributed by atoms with Crippen molar-refractivity contribution in [2.24, 2.45) is 11.8 Å². The van der Waals surface area contributed by atoms with Gasteiger partial charge < -0.3 is 15.7 Å². The maximum absolute atomic E-state index is 10.9. The summed E-state index contributed by atoms with van der Waals surface area (Å²) >= 11 is 0. The molecule has 1 aliphatic rings. The van der Waals surface area contributed by atoms with E-state index in [0.717, 1.165) is 18.8 Å². The molecule has 2 rings (SSSR count). The maximum atomic E-state index is 10.9. The van der Waals surface area contributed by atoms with Crippen LogP contribution in [0.3, 0.4) is 0 Å². The minimum atomic E-state index is -0.935. The Morgan fingerprint density at radius 2 is 2.22 bits per heavy atom. The average Bonchev–Trinajstić information content (AvgIpc) is 2.78. The number of rotatable bonds is 3. The lowest BCUT2D eigenvalue weighted by Gasteiger charge is -2.21. The third-order valence-electron chi connectivity index (χ3n) is 3.78. The second-order valence-electron chi connectivity index (χ2n) is 5.32. The number of aromatic carboxylic acids is 1. The van der Waals surface area contributed by atoms with Crippen molar-refractivity contribution >= 4 is 17.3 Å². The number of benzene rings is 1. The van der Waals surface area contributed by atoms with Crippen molar-refractivity contribution in [2.75, 3.05) is 23.7 Å². The average molecular weight is 248 g/mol. The van der Waals surface area contributed by atoms with Gasteiger partial charge in [-0.05, 0) is 36.5 Å². The van der Waals surface area contributed by atoms with Gasteiger partial charge in [0, 0.05) is 13.1 Å². The van der Waals surface area contributed by atoms with E-state index in [4.69, 9.17) is 10.8 Å². The summed E-state index contributed by atoms with van der Waals surface area (Å²) in [5, 5.41) is 8.91. The van der Waals surface area contributed by atoms with Crippen molar-refractivity contribution in [3.05, 3.63) is 23.8 Å². The van der Waals surface area contributed by atoms with Crippen LogP contribution < -0.4 is 10.6 Å². The fourth-order valence-corrected chi connectivity index (χ4v) is 2.53. The number of hydrogen-bond acceptors (Lipinski definition) is 3. The van der Waals surface area contributed by atoms with Crippen molar-refractivity contribution in [3.8, 4) is 0 Å². The Kier molecular flexibility index (Phi) is 3.45. The van der Waals surface area contributed by atoms with E-state index in [1.807, 2.05) is 6.07 Å². The zero-order valence-electron chi connectivity index (χ0n) is 10.9. The van der Waals surface area contributed by atoms with Crippen LogP contribution in [0.2, 0.25) is 0 Å². The first kappa shape index (κ1) is 12.7. The van der Waals surface area contributed by atoms with E-state index in [1.165, 1.54) is 6.42 Å². The molecule has 1 aromatic rings. The van der Waals surface area contributed by atoms with Crippen molar-refractivity contribution in [1.29, 1.82) is 0 Å². The summed E-state index contributed by atoms with van der Waals surface area (Å²) in [7, 11) is 0. The first-order valence-electron chi connectivity index (χ1n) is 6.37. The van der Waals surface area contributed by atoms with Crippen LogP contribution in [0, 0.1) is 11.8 Å². The van der Waals surface area contributed by atoms with Crippen LogP contribution in [-0.4, -0.2) is 24.2 Å². The molecule has 0 aliphatic carbocycles. The Labute approximate surface area is 107 Å². The van der Waals surface area contributed by atoms with Crippen LogP contribution in [0.25, 0.3) is 0 Å². The first-order chi connectivity index (χ1) is 8.49. The van der Waals surface area contributed by atoms with E-state index < -0.39 is 5.97 Å². The SMILES string of the molecule is CC(C)C1CCN(c2ccc(C(=O)O)cc2N)C1. The van der Waals surface area contributed by atoms with Crippen LogP contribution in [0.4, 0.5) is 11.4 Å². The van der Waals surface area contributed by atoms with Crippen LogP contribution in [0.1, 0.15) is 30.6 Å². The normalized spacial score (nSPS) is 19.5. The molecule has 0 spiro atoms. The van der Waals surface area contributed by atoms with E-state index in [-0.39, 0.29) is 5.56 Å². The number of carbonyl (C=O) groups is 1. The van der Waals surface area contributed by atoms with Gasteiger partial charge in [-0.2, -0.15) is 0 Å².